The number of carbonyl (C=O) groups excluding carboxylic acids is 2. The maximum absolute atomic E-state index is 12.9. The molecule has 5 nitrogen and oxygen atoms in total. The number of halogens is 2. The molecule has 0 aromatic heterocycles. The van der Waals surface area contributed by atoms with Gasteiger partial charge in [-0.25, -0.2) is 0 Å². The first-order valence-electron chi connectivity index (χ1n) is 9.11. The SMILES string of the molecule is COc1ccccc1C(C)NC(=O)C1CCCN1C(=O)c1cc(Cl)cc(Cl)c1. The smallest absolute Gasteiger partial charge is 0.254 e. The number of carbonyl (C=O) groups is 2. The Morgan fingerprint density at radius 2 is 1.86 bits per heavy atom. The molecule has 0 bridgehead atoms. The lowest BCUT2D eigenvalue weighted by molar-refractivity contribution is -0.125. The van der Waals surface area contributed by atoms with E-state index in [1.54, 1.807) is 30.2 Å². The fourth-order valence-corrected chi connectivity index (χ4v) is 4.06. The molecule has 0 radical (unpaired) electrons. The highest BCUT2D eigenvalue weighted by atomic mass is 35.5. The zero-order chi connectivity index (χ0) is 20.3. The van der Waals surface area contributed by atoms with Gasteiger partial charge in [0.2, 0.25) is 5.91 Å². The topological polar surface area (TPSA) is 58.6 Å². The predicted molar refractivity (Wildman–Crippen MR) is 110 cm³/mol. The summed E-state index contributed by atoms with van der Waals surface area (Å²) in [5.41, 5.74) is 1.27. The predicted octanol–water partition coefficient (Wildman–Crippen LogP) is 4.48. The Morgan fingerprint density at radius 1 is 1.18 bits per heavy atom. The van der Waals surface area contributed by atoms with Gasteiger partial charge in [0.1, 0.15) is 11.8 Å². The van der Waals surface area contributed by atoms with E-state index in [2.05, 4.69) is 5.32 Å². The minimum atomic E-state index is -0.526. The zero-order valence-corrected chi connectivity index (χ0v) is 17.3. The second kappa shape index (κ2) is 8.84. The molecule has 1 heterocycles. The van der Waals surface area contributed by atoms with Crippen molar-refractivity contribution in [2.45, 2.75) is 31.8 Å². The summed E-state index contributed by atoms with van der Waals surface area (Å²) in [7, 11) is 1.60. The molecule has 2 aromatic carbocycles. The second-order valence-electron chi connectivity index (χ2n) is 6.79. The van der Waals surface area contributed by atoms with Gasteiger partial charge in [-0.05, 0) is 44.0 Å². The molecule has 3 rings (SSSR count). The highest BCUT2D eigenvalue weighted by Crippen LogP contribution is 2.27. The number of hydrogen-bond acceptors (Lipinski definition) is 3. The van der Waals surface area contributed by atoms with Crippen molar-refractivity contribution >= 4 is 35.0 Å². The molecule has 2 amide bonds. The third kappa shape index (κ3) is 4.42. The van der Waals surface area contributed by atoms with Crippen LogP contribution in [0.25, 0.3) is 0 Å². The van der Waals surface area contributed by atoms with Crippen molar-refractivity contribution in [3.63, 3.8) is 0 Å². The van der Waals surface area contributed by atoms with Crippen LogP contribution in [-0.2, 0) is 4.79 Å². The van der Waals surface area contributed by atoms with Gasteiger partial charge >= 0.3 is 0 Å². The van der Waals surface area contributed by atoms with Gasteiger partial charge < -0.3 is 15.0 Å². The molecule has 1 aliphatic rings. The van der Waals surface area contributed by atoms with Crippen LogP contribution >= 0.6 is 23.2 Å². The van der Waals surface area contributed by atoms with E-state index >= 15 is 0 Å². The van der Waals surface area contributed by atoms with Crippen LogP contribution in [0.15, 0.2) is 42.5 Å². The van der Waals surface area contributed by atoms with Crippen LogP contribution in [0, 0.1) is 0 Å². The highest BCUT2D eigenvalue weighted by molar-refractivity contribution is 6.35. The molecule has 0 spiro atoms. The molecule has 0 saturated carbocycles. The Hall–Kier alpha value is -2.24. The van der Waals surface area contributed by atoms with Crippen molar-refractivity contribution in [1.29, 1.82) is 0 Å². The van der Waals surface area contributed by atoms with Crippen molar-refractivity contribution in [3.8, 4) is 5.75 Å². The van der Waals surface area contributed by atoms with E-state index in [0.717, 1.165) is 12.0 Å². The minimum Gasteiger partial charge on any atom is -0.496 e. The van der Waals surface area contributed by atoms with Crippen LogP contribution in [0.4, 0.5) is 0 Å². The Morgan fingerprint density at radius 3 is 2.54 bits per heavy atom. The first-order chi connectivity index (χ1) is 13.4. The summed E-state index contributed by atoms with van der Waals surface area (Å²) >= 11 is 12.0. The quantitative estimate of drug-likeness (QED) is 0.775. The number of para-hydroxylation sites is 1. The number of nitrogens with zero attached hydrogens (tertiary/aromatic N) is 1. The average molecular weight is 421 g/mol. The number of amides is 2. The molecule has 7 heteroatoms. The fraction of sp³-hybridized carbons (Fsp3) is 0.333. The second-order valence-corrected chi connectivity index (χ2v) is 7.66. The lowest BCUT2D eigenvalue weighted by Gasteiger charge is -2.26. The van der Waals surface area contributed by atoms with E-state index < -0.39 is 6.04 Å². The molecule has 2 atom stereocenters. The summed E-state index contributed by atoms with van der Waals surface area (Å²) in [6.07, 6.45) is 1.38. The van der Waals surface area contributed by atoms with Crippen molar-refractivity contribution in [2.24, 2.45) is 0 Å². The molecule has 148 valence electrons. The van der Waals surface area contributed by atoms with Crippen molar-refractivity contribution in [2.75, 3.05) is 13.7 Å². The van der Waals surface area contributed by atoms with Crippen LogP contribution in [0.2, 0.25) is 10.0 Å². The van der Waals surface area contributed by atoms with Gasteiger partial charge in [-0.3, -0.25) is 9.59 Å². The van der Waals surface area contributed by atoms with Crippen LogP contribution in [0.5, 0.6) is 5.75 Å². The van der Waals surface area contributed by atoms with E-state index in [9.17, 15) is 9.59 Å². The number of ether oxygens (including phenoxy) is 1. The van der Waals surface area contributed by atoms with Gasteiger partial charge in [0.25, 0.3) is 5.91 Å². The largest absolute Gasteiger partial charge is 0.496 e. The molecular weight excluding hydrogens is 399 g/mol. The highest BCUT2D eigenvalue weighted by Gasteiger charge is 2.35. The Labute approximate surface area is 174 Å². The zero-order valence-electron chi connectivity index (χ0n) is 15.7. The lowest BCUT2D eigenvalue weighted by atomic mass is 10.1. The number of benzene rings is 2. The monoisotopic (exact) mass is 420 g/mol. The van der Waals surface area contributed by atoms with Gasteiger partial charge in [0.15, 0.2) is 0 Å². The molecular formula is C21H22Cl2N2O3. The van der Waals surface area contributed by atoms with Gasteiger partial charge in [-0.2, -0.15) is 0 Å². The van der Waals surface area contributed by atoms with Gasteiger partial charge in [-0.15, -0.1) is 0 Å². The minimum absolute atomic E-state index is 0.183. The molecule has 2 aromatic rings. The number of methoxy groups -OCH3 is 1. The first kappa shape index (κ1) is 20.5. The van der Waals surface area contributed by atoms with Crippen molar-refractivity contribution in [1.82, 2.24) is 10.2 Å². The van der Waals surface area contributed by atoms with Crippen LogP contribution in [-0.4, -0.2) is 36.4 Å². The Balaban J connectivity index is 1.74. The third-order valence-electron chi connectivity index (χ3n) is 4.89. The van der Waals surface area contributed by atoms with Gasteiger partial charge in [-0.1, -0.05) is 41.4 Å². The standard InChI is InChI=1S/C21H22Cl2N2O3/c1-13(17-6-3-4-8-19(17)28-2)24-20(26)18-7-5-9-25(18)21(27)14-10-15(22)12-16(23)11-14/h3-4,6,8,10-13,18H,5,7,9H2,1-2H3,(H,24,26). The van der Waals surface area contributed by atoms with E-state index in [1.165, 1.54) is 0 Å². The van der Waals surface area contributed by atoms with Gasteiger partial charge in [0, 0.05) is 27.7 Å². The summed E-state index contributed by atoms with van der Waals surface area (Å²) < 4.78 is 5.37. The molecule has 1 N–H and O–H groups in total. The summed E-state index contributed by atoms with van der Waals surface area (Å²) in [5.74, 6) is 0.285. The third-order valence-corrected chi connectivity index (χ3v) is 5.33. The van der Waals surface area contributed by atoms with E-state index in [0.29, 0.717) is 34.3 Å². The summed E-state index contributed by atoms with van der Waals surface area (Å²) in [4.78, 5) is 27.4. The molecule has 28 heavy (non-hydrogen) atoms. The van der Waals surface area contributed by atoms with Crippen molar-refractivity contribution < 1.29 is 14.3 Å². The van der Waals surface area contributed by atoms with E-state index in [4.69, 9.17) is 27.9 Å². The average Bonchev–Trinajstić information content (AvgIpc) is 3.16. The van der Waals surface area contributed by atoms with E-state index in [1.807, 2.05) is 31.2 Å². The molecule has 1 saturated heterocycles. The molecule has 1 fully saturated rings. The van der Waals surface area contributed by atoms with Crippen LogP contribution < -0.4 is 10.1 Å². The normalized spacial score (nSPS) is 17.3. The number of likely N-dealkylation sites (tertiary alicyclic amines) is 1. The number of hydrogen-bond donors (Lipinski definition) is 1. The molecule has 2 unspecified atom stereocenters. The van der Waals surface area contributed by atoms with E-state index in [-0.39, 0.29) is 17.9 Å². The summed E-state index contributed by atoms with van der Waals surface area (Å²) in [6.45, 7) is 2.41. The number of nitrogens with one attached hydrogen (secondary N) is 1. The summed E-state index contributed by atoms with van der Waals surface area (Å²) in [6, 6.07) is 11.5. The fourth-order valence-electron chi connectivity index (χ4n) is 3.54. The van der Waals surface area contributed by atoms with Gasteiger partial charge in [0.05, 0.1) is 13.2 Å². The Bertz CT molecular complexity index is 867. The first-order valence-corrected chi connectivity index (χ1v) is 9.86. The van der Waals surface area contributed by atoms with Crippen molar-refractivity contribution in [3.05, 3.63) is 63.6 Å². The Kier molecular flexibility index (Phi) is 6.47. The number of rotatable bonds is 5. The van der Waals surface area contributed by atoms with Crippen LogP contribution in [0.1, 0.15) is 41.7 Å². The lowest BCUT2D eigenvalue weighted by Crippen LogP contribution is -2.46. The maximum atomic E-state index is 12.9. The molecule has 0 aliphatic carbocycles. The van der Waals surface area contributed by atoms with Crippen LogP contribution in [0.3, 0.4) is 0 Å². The molecule has 1 aliphatic heterocycles. The summed E-state index contributed by atoms with van der Waals surface area (Å²) in [5, 5.41) is 3.79. The maximum Gasteiger partial charge on any atom is 0.254 e.